The highest BCUT2D eigenvalue weighted by Gasteiger charge is 2.22. The zero-order valence-corrected chi connectivity index (χ0v) is 12.3. The second kappa shape index (κ2) is 7.07. The van der Waals surface area contributed by atoms with Crippen LogP contribution in [0.3, 0.4) is 0 Å². The molecule has 1 aromatic rings. The summed E-state index contributed by atoms with van der Waals surface area (Å²) in [5.41, 5.74) is 1.44. The van der Waals surface area contributed by atoms with Crippen LogP contribution in [0.2, 0.25) is 0 Å². The van der Waals surface area contributed by atoms with Crippen LogP contribution in [0.15, 0.2) is 30.3 Å². The van der Waals surface area contributed by atoms with E-state index in [0.29, 0.717) is 5.56 Å². The first-order valence-corrected chi connectivity index (χ1v) is 7.40. The Balaban J connectivity index is 2.10. The van der Waals surface area contributed by atoms with E-state index in [9.17, 15) is 9.59 Å². The summed E-state index contributed by atoms with van der Waals surface area (Å²) in [5.74, 6) is -0.910. The number of carboxylic acids is 1. The SMILES string of the molecule is CC1CCCCCN1C(=O)c1ccc(C=CC(=O)O)cc1. The molecule has 4 nitrogen and oxygen atoms in total. The summed E-state index contributed by atoms with van der Waals surface area (Å²) in [4.78, 5) is 25.0. The van der Waals surface area contributed by atoms with Gasteiger partial charge in [-0.3, -0.25) is 4.79 Å². The van der Waals surface area contributed by atoms with Crippen LogP contribution in [0.25, 0.3) is 6.08 Å². The number of amides is 1. The van der Waals surface area contributed by atoms with Crippen molar-refractivity contribution in [2.75, 3.05) is 6.54 Å². The van der Waals surface area contributed by atoms with Crippen molar-refractivity contribution in [1.82, 2.24) is 4.90 Å². The highest BCUT2D eigenvalue weighted by atomic mass is 16.4. The number of likely N-dealkylation sites (tertiary alicyclic amines) is 1. The van der Waals surface area contributed by atoms with Crippen molar-refractivity contribution in [3.63, 3.8) is 0 Å². The minimum Gasteiger partial charge on any atom is -0.478 e. The van der Waals surface area contributed by atoms with Gasteiger partial charge in [0.1, 0.15) is 0 Å². The van der Waals surface area contributed by atoms with Gasteiger partial charge in [-0.1, -0.05) is 25.0 Å². The van der Waals surface area contributed by atoms with Gasteiger partial charge in [0.05, 0.1) is 0 Å². The van der Waals surface area contributed by atoms with Crippen molar-refractivity contribution in [3.8, 4) is 0 Å². The Morgan fingerprint density at radius 3 is 2.57 bits per heavy atom. The molecule has 0 aromatic heterocycles. The fraction of sp³-hybridized carbons (Fsp3) is 0.412. The summed E-state index contributed by atoms with van der Waals surface area (Å²) in [7, 11) is 0. The molecule has 0 saturated carbocycles. The van der Waals surface area contributed by atoms with E-state index in [1.54, 1.807) is 24.3 Å². The van der Waals surface area contributed by atoms with E-state index in [2.05, 4.69) is 6.92 Å². The number of benzene rings is 1. The Morgan fingerprint density at radius 2 is 1.90 bits per heavy atom. The van der Waals surface area contributed by atoms with Crippen LogP contribution in [0.5, 0.6) is 0 Å². The Labute approximate surface area is 125 Å². The van der Waals surface area contributed by atoms with E-state index in [0.717, 1.165) is 31.0 Å². The summed E-state index contributed by atoms with van der Waals surface area (Å²) in [6, 6.07) is 7.36. The third-order valence-corrected chi connectivity index (χ3v) is 3.89. The molecule has 1 heterocycles. The molecular weight excluding hydrogens is 266 g/mol. The monoisotopic (exact) mass is 287 g/mol. The van der Waals surface area contributed by atoms with Crippen molar-refractivity contribution >= 4 is 18.0 Å². The van der Waals surface area contributed by atoms with Gasteiger partial charge in [-0.25, -0.2) is 4.79 Å². The molecule has 0 radical (unpaired) electrons. The van der Waals surface area contributed by atoms with Crippen LogP contribution < -0.4 is 0 Å². The Bertz CT molecular complexity index is 533. The van der Waals surface area contributed by atoms with E-state index in [1.165, 1.54) is 18.9 Å². The van der Waals surface area contributed by atoms with Gasteiger partial charge in [-0.05, 0) is 43.5 Å². The third-order valence-electron chi connectivity index (χ3n) is 3.89. The smallest absolute Gasteiger partial charge is 0.328 e. The Kier molecular flexibility index (Phi) is 5.14. The first-order chi connectivity index (χ1) is 10.1. The zero-order chi connectivity index (χ0) is 15.2. The zero-order valence-electron chi connectivity index (χ0n) is 12.3. The lowest BCUT2D eigenvalue weighted by molar-refractivity contribution is -0.131. The van der Waals surface area contributed by atoms with E-state index in [4.69, 9.17) is 5.11 Å². The molecule has 1 unspecified atom stereocenters. The predicted octanol–water partition coefficient (Wildman–Crippen LogP) is 3.19. The number of aliphatic carboxylic acids is 1. The van der Waals surface area contributed by atoms with Gasteiger partial charge < -0.3 is 10.0 Å². The molecule has 0 bridgehead atoms. The fourth-order valence-corrected chi connectivity index (χ4v) is 2.65. The van der Waals surface area contributed by atoms with Crippen LogP contribution in [-0.4, -0.2) is 34.5 Å². The number of carboxylic acid groups (broad SMARTS) is 1. The molecule has 4 heteroatoms. The van der Waals surface area contributed by atoms with Gasteiger partial charge in [0.15, 0.2) is 0 Å². The number of rotatable bonds is 3. The summed E-state index contributed by atoms with van der Waals surface area (Å²) in [6.45, 7) is 2.92. The second-order valence-electron chi connectivity index (χ2n) is 5.49. The summed E-state index contributed by atoms with van der Waals surface area (Å²) in [6.07, 6.45) is 7.11. The topological polar surface area (TPSA) is 57.6 Å². The highest BCUT2D eigenvalue weighted by molar-refractivity contribution is 5.94. The molecule has 21 heavy (non-hydrogen) atoms. The summed E-state index contributed by atoms with van der Waals surface area (Å²) >= 11 is 0. The van der Waals surface area contributed by atoms with Gasteiger partial charge >= 0.3 is 5.97 Å². The summed E-state index contributed by atoms with van der Waals surface area (Å²) < 4.78 is 0. The molecule has 1 saturated heterocycles. The van der Waals surface area contributed by atoms with Gasteiger partial charge in [-0.15, -0.1) is 0 Å². The third kappa shape index (κ3) is 4.18. The maximum absolute atomic E-state index is 12.6. The molecule has 1 aliphatic rings. The van der Waals surface area contributed by atoms with Crippen molar-refractivity contribution in [1.29, 1.82) is 0 Å². The maximum Gasteiger partial charge on any atom is 0.328 e. The van der Waals surface area contributed by atoms with Crippen molar-refractivity contribution in [2.45, 2.75) is 38.6 Å². The van der Waals surface area contributed by atoms with Crippen LogP contribution in [-0.2, 0) is 4.79 Å². The molecular formula is C17H21NO3. The number of carbonyl (C=O) groups is 2. The molecule has 2 rings (SSSR count). The molecule has 0 spiro atoms. The summed E-state index contributed by atoms with van der Waals surface area (Å²) in [5, 5.41) is 8.60. The van der Waals surface area contributed by atoms with Gasteiger partial charge in [-0.2, -0.15) is 0 Å². The van der Waals surface area contributed by atoms with Gasteiger partial charge in [0.25, 0.3) is 5.91 Å². The molecule has 1 amide bonds. The first-order valence-electron chi connectivity index (χ1n) is 7.40. The minimum absolute atomic E-state index is 0.0677. The van der Waals surface area contributed by atoms with Crippen LogP contribution in [0.4, 0.5) is 0 Å². The highest BCUT2D eigenvalue weighted by Crippen LogP contribution is 2.19. The molecule has 1 aromatic carbocycles. The van der Waals surface area contributed by atoms with E-state index >= 15 is 0 Å². The quantitative estimate of drug-likeness (QED) is 0.869. The fourth-order valence-electron chi connectivity index (χ4n) is 2.65. The van der Waals surface area contributed by atoms with E-state index in [1.807, 2.05) is 4.90 Å². The van der Waals surface area contributed by atoms with Crippen LogP contribution in [0.1, 0.15) is 48.5 Å². The lowest BCUT2D eigenvalue weighted by Crippen LogP contribution is -2.38. The maximum atomic E-state index is 12.6. The molecule has 112 valence electrons. The Hall–Kier alpha value is -2.10. The van der Waals surface area contributed by atoms with E-state index < -0.39 is 5.97 Å². The minimum atomic E-state index is -0.978. The molecule has 1 N–H and O–H groups in total. The van der Waals surface area contributed by atoms with Crippen LogP contribution in [0, 0.1) is 0 Å². The van der Waals surface area contributed by atoms with Crippen molar-refractivity contribution < 1.29 is 14.7 Å². The lowest BCUT2D eigenvalue weighted by Gasteiger charge is -2.27. The first kappa shape index (κ1) is 15.3. The average Bonchev–Trinajstić information content (AvgIpc) is 2.69. The Morgan fingerprint density at radius 1 is 1.19 bits per heavy atom. The molecule has 1 fully saturated rings. The van der Waals surface area contributed by atoms with Crippen molar-refractivity contribution in [2.24, 2.45) is 0 Å². The normalized spacial score (nSPS) is 19.5. The van der Waals surface area contributed by atoms with Gasteiger partial charge in [0, 0.05) is 24.2 Å². The largest absolute Gasteiger partial charge is 0.478 e. The second-order valence-corrected chi connectivity index (χ2v) is 5.49. The number of nitrogens with zero attached hydrogens (tertiary/aromatic N) is 1. The van der Waals surface area contributed by atoms with E-state index in [-0.39, 0.29) is 11.9 Å². The van der Waals surface area contributed by atoms with Crippen LogP contribution >= 0.6 is 0 Å². The number of hydrogen-bond acceptors (Lipinski definition) is 2. The molecule has 1 aliphatic heterocycles. The predicted molar refractivity (Wildman–Crippen MR) is 82.1 cm³/mol. The van der Waals surface area contributed by atoms with Gasteiger partial charge in [0.2, 0.25) is 0 Å². The molecule has 0 aliphatic carbocycles. The number of carbonyl (C=O) groups excluding carboxylic acids is 1. The average molecular weight is 287 g/mol. The lowest BCUT2D eigenvalue weighted by atomic mass is 10.1. The number of hydrogen-bond donors (Lipinski definition) is 1. The molecule has 1 atom stereocenters. The standard InChI is InChI=1S/C17H21NO3/c1-13-5-3-2-4-12-18(13)17(21)15-9-6-14(7-10-15)8-11-16(19)20/h6-11,13H,2-5,12H2,1H3,(H,19,20). The van der Waals surface area contributed by atoms with Crippen molar-refractivity contribution in [3.05, 3.63) is 41.5 Å².